The van der Waals surface area contributed by atoms with Crippen LogP contribution in [0.5, 0.6) is 0 Å². The zero-order chi connectivity index (χ0) is 13.5. The van der Waals surface area contributed by atoms with E-state index in [-0.39, 0.29) is 5.91 Å². The van der Waals surface area contributed by atoms with E-state index in [1.165, 1.54) is 25.7 Å². The Kier molecular flexibility index (Phi) is 2.79. The molecule has 1 aromatic carbocycles. The first-order valence-corrected chi connectivity index (χ1v) is 7.66. The summed E-state index contributed by atoms with van der Waals surface area (Å²) in [6, 6.07) is 8.00. The highest BCUT2D eigenvalue weighted by atomic mass is 16.2. The number of H-pyrrole nitrogens is 1. The minimum Gasteiger partial charge on any atom is -0.361 e. The van der Waals surface area contributed by atoms with Gasteiger partial charge in [0.15, 0.2) is 0 Å². The van der Waals surface area contributed by atoms with Crippen molar-refractivity contribution in [3.8, 4) is 0 Å². The number of nitrogens with one attached hydrogen (secondary N) is 1. The predicted octanol–water partition coefficient (Wildman–Crippen LogP) is 3.43. The Labute approximate surface area is 119 Å². The van der Waals surface area contributed by atoms with Crippen molar-refractivity contribution in [3.63, 3.8) is 0 Å². The van der Waals surface area contributed by atoms with E-state index < -0.39 is 0 Å². The lowest BCUT2D eigenvalue weighted by Crippen LogP contribution is -2.34. The van der Waals surface area contributed by atoms with E-state index in [1.54, 1.807) is 0 Å². The van der Waals surface area contributed by atoms with Gasteiger partial charge in [0.1, 0.15) is 0 Å². The number of nitrogens with zero attached hydrogens (tertiary/aromatic N) is 1. The van der Waals surface area contributed by atoms with Crippen LogP contribution in [0.1, 0.15) is 36.0 Å². The molecule has 1 amide bonds. The third kappa shape index (κ3) is 2.01. The topological polar surface area (TPSA) is 36.1 Å². The van der Waals surface area contributed by atoms with Crippen molar-refractivity contribution in [1.29, 1.82) is 0 Å². The number of aromatic nitrogens is 1. The van der Waals surface area contributed by atoms with E-state index in [9.17, 15) is 4.79 Å². The van der Waals surface area contributed by atoms with Crippen LogP contribution in [0.25, 0.3) is 10.9 Å². The number of benzene rings is 1. The van der Waals surface area contributed by atoms with Crippen molar-refractivity contribution in [3.05, 3.63) is 36.0 Å². The molecule has 3 heteroatoms. The van der Waals surface area contributed by atoms with Gasteiger partial charge in [-0.15, -0.1) is 0 Å². The highest BCUT2D eigenvalue weighted by molar-refractivity contribution is 5.98. The van der Waals surface area contributed by atoms with E-state index in [1.807, 2.05) is 30.5 Å². The first-order chi connectivity index (χ1) is 9.79. The predicted molar refractivity (Wildman–Crippen MR) is 79.7 cm³/mol. The summed E-state index contributed by atoms with van der Waals surface area (Å²) in [7, 11) is 0. The van der Waals surface area contributed by atoms with Gasteiger partial charge in [-0.3, -0.25) is 4.79 Å². The zero-order valence-electron chi connectivity index (χ0n) is 11.6. The van der Waals surface area contributed by atoms with Crippen LogP contribution >= 0.6 is 0 Å². The number of carbonyl (C=O) groups excluding carboxylic acids is 1. The summed E-state index contributed by atoms with van der Waals surface area (Å²) < 4.78 is 0. The standard InChI is InChI=1S/C17H20N2O/c20-17(15-5-6-16-14(9-15)7-8-18-16)19-10-12-1-2-13(11-19)4-3-12/h5-9,12-13,18H,1-4,10-11H2. The fraction of sp³-hybridized carbons (Fsp3) is 0.471. The number of fused-ring (bicyclic) bond motifs is 5. The van der Waals surface area contributed by atoms with E-state index in [2.05, 4.69) is 9.88 Å². The van der Waals surface area contributed by atoms with Gasteiger partial charge in [-0.05, 0) is 61.8 Å². The van der Waals surface area contributed by atoms with Crippen LogP contribution in [-0.2, 0) is 0 Å². The van der Waals surface area contributed by atoms with Crippen LogP contribution in [-0.4, -0.2) is 28.9 Å². The first kappa shape index (κ1) is 12.0. The van der Waals surface area contributed by atoms with Crippen molar-refractivity contribution in [2.45, 2.75) is 25.7 Å². The van der Waals surface area contributed by atoms with Gasteiger partial charge in [-0.1, -0.05) is 0 Å². The Bertz CT molecular complexity index is 623. The maximum Gasteiger partial charge on any atom is 0.253 e. The van der Waals surface area contributed by atoms with Gasteiger partial charge in [0.05, 0.1) is 0 Å². The maximum atomic E-state index is 12.8. The third-order valence-corrected chi connectivity index (χ3v) is 5.01. The maximum absolute atomic E-state index is 12.8. The molecule has 1 N–H and O–H groups in total. The second kappa shape index (κ2) is 4.65. The lowest BCUT2D eigenvalue weighted by atomic mass is 9.84. The van der Waals surface area contributed by atoms with Gasteiger partial charge < -0.3 is 9.88 Å². The number of hydrogen-bond acceptors (Lipinski definition) is 1. The molecule has 1 aliphatic carbocycles. The van der Waals surface area contributed by atoms with Crippen LogP contribution in [0, 0.1) is 11.8 Å². The van der Waals surface area contributed by atoms with E-state index in [0.717, 1.165) is 41.4 Å². The Balaban J connectivity index is 1.62. The molecule has 1 aromatic heterocycles. The van der Waals surface area contributed by atoms with Gasteiger partial charge in [-0.2, -0.15) is 0 Å². The molecule has 3 fully saturated rings. The number of carbonyl (C=O) groups is 1. The second-order valence-electron chi connectivity index (χ2n) is 6.38. The Morgan fingerprint density at radius 3 is 2.45 bits per heavy atom. The molecule has 3 aliphatic rings. The fourth-order valence-electron chi connectivity index (χ4n) is 3.83. The van der Waals surface area contributed by atoms with Crippen LogP contribution in [0.15, 0.2) is 30.5 Å². The van der Waals surface area contributed by atoms with Crippen molar-refractivity contribution in [2.24, 2.45) is 11.8 Å². The Morgan fingerprint density at radius 2 is 1.75 bits per heavy atom. The summed E-state index contributed by atoms with van der Waals surface area (Å²) in [6.45, 7) is 1.92. The quantitative estimate of drug-likeness (QED) is 0.845. The smallest absolute Gasteiger partial charge is 0.253 e. The van der Waals surface area contributed by atoms with Crippen LogP contribution < -0.4 is 0 Å². The van der Waals surface area contributed by atoms with Crippen LogP contribution in [0.3, 0.4) is 0 Å². The fourth-order valence-corrected chi connectivity index (χ4v) is 3.83. The highest BCUT2D eigenvalue weighted by Crippen LogP contribution is 2.34. The molecule has 1 saturated carbocycles. The van der Waals surface area contributed by atoms with Crippen molar-refractivity contribution in [2.75, 3.05) is 13.1 Å². The summed E-state index contributed by atoms with van der Waals surface area (Å²) in [4.78, 5) is 18.0. The summed E-state index contributed by atoms with van der Waals surface area (Å²) in [5.41, 5.74) is 1.93. The molecular weight excluding hydrogens is 248 g/mol. The molecule has 2 saturated heterocycles. The third-order valence-electron chi connectivity index (χ3n) is 5.01. The first-order valence-electron chi connectivity index (χ1n) is 7.66. The molecule has 2 aromatic rings. The summed E-state index contributed by atoms with van der Waals surface area (Å²) in [6.07, 6.45) is 7.16. The largest absolute Gasteiger partial charge is 0.361 e. The molecule has 2 aliphatic heterocycles. The van der Waals surface area contributed by atoms with Crippen molar-refractivity contribution < 1.29 is 4.79 Å². The summed E-state index contributed by atoms with van der Waals surface area (Å²) in [5, 5.41) is 1.12. The van der Waals surface area contributed by atoms with Crippen LogP contribution in [0.4, 0.5) is 0 Å². The minimum absolute atomic E-state index is 0.215. The molecule has 5 rings (SSSR count). The molecule has 3 heterocycles. The number of amides is 1. The van der Waals surface area contributed by atoms with E-state index >= 15 is 0 Å². The number of rotatable bonds is 1. The molecule has 0 atom stereocenters. The Morgan fingerprint density at radius 1 is 1.05 bits per heavy atom. The zero-order valence-corrected chi connectivity index (χ0v) is 11.6. The molecule has 0 radical (unpaired) electrons. The number of aromatic amines is 1. The van der Waals surface area contributed by atoms with Gasteiger partial charge in [0.25, 0.3) is 5.91 Å². The van der Waals surface area contributed by atoms with Gasteiger partial charge in [0.2, 0.25) is 0 Å². The summed E-state index contributed by atoms with van der Waals surface area (Å²) in [5.74, 6) is 1.68. The second-order valence-corrected chi connectivity index (χ2v) is 6.38. The van der Waals surface area contributed by atoms with Gasteiger partial charge >= 0.3 is 0 Å². The summed E-state index contributed by atoms with van der Waals surface area (Å²) >= 11 is 0. The molecule has 3 nitrogen and oxygen atoms in total. The average Bonchev–Trinajstić information content (AvgIpc) is 2.74. The number of hydrogen-bond donors (Lipinski definition) is 1. The van der Waals surface area contributed by atoms with Crippen LogP contribution in [0.2, 0.25) is 0 Å². The monoisotopic (exact) mass is 268 g/mol. The SMILES string of the molecule is O=C(c1ccc2[nH]ccc2c1)N1CC2CCC(CC2)C1. The lowest BCUT2D eigenvalue weighted by Gasteiger charge is -2.22. The van der Waals surface area contributed by atoms with E-state index in [4.69, 9.17) is 0 Å². The average molecular weight is 268 g/mol. The minimum atomic E-state index is 0.215. The van der Waals surface area contributed by atoms with Crippen molar-refractivity contribution >= 4 is 16.8 Å². The van der Waals surface area contributed by atoms with Gasteiger partial charge in [-0.25, -0.2) is 0 Å². The molecule has 0 spiro atoms. The highest BCUT2D eigenvalue weighted by Gasteiger charge is 2.31. The molecule has 104 valence electrons. The normalized spacial score (nSPS) is 25.9. The molecule has 0 unspecified atom stereocenters. The van der Waals surface area contributed by atoms with Gasteiger partial charge in [0, 0.05) is 35.8 Å². The molecular formula is C17H20N2O. The molecule has 2 bridgehead atoms. The van der Waals surface area contributed by atoms with E-state index in [0.29, 0.717) is 0 Å². The molecule has 20 heavy (non-hydrogen) atoms. The van der Waals surface area contributed by atoms with Crippen molar-refractivity contribution in [1.82, 2.24) is 9.88 Å². The lowest BCUT2D eigenvalue weighted by molar-refractivity contribution is 0.0740. The Hall–Kier alpha value is -1.77.